The molecule has 0 atom stereocenters. The highest BCUT2D eigenvalue weighted by atomic mass is 32.1. The monoisotopic (exact) mass is 347 g/mol. The normalized spacial score (nSPS) is 13.4. The van der Waals surface area contributed by atoms with E-state index in [1.54, 1.807) is 11.3 Å². The summed E-state index contributed by atoms with van der Waals surface area (Å²) in [6.45, 7) is 2.54. The number of nitrogens with zero attached hydrogens (tertiary/aromatic N) is 4. The molecular formula is C19H17N5S. The largest absolute Gasteiger partial charge is 0.379 e. The molecule has 4 heterocycles. The molecular weight excluding hydrogens is 330 g/mol. The summed E-state index contributed by atoms with van der Waals surface area (Å²) in [6, 6.07) is 12.5. The van der Waals surface area contributed by atoms with Crippen LogP contribution in [0.25, 0.3) is 5.65 Å². The SMILES string of the molecule is c1cc2c(c(NCc3cn4ccccc4n3)c1)CN(c1nccs1)C2. The van der Waals surface area contributed by atoms with Crippen LogP contribution in [0.3, 0.4) is 0 Å². The van der Waals surface area contributed by atoms with E-state index in [0.29, 0.717) is 0 Å². The second kappa shape index (κ2) is 5.89. The molecule has 5 nitrogen and oxygen atoms in total. The fourth-order valence-electron chi connectivity index (χ4n) is 3.35. The minimum Gasteiger partial charge on any atom is -0.379 e. The molecule has 0 amide bonds. The van der Waals surface area contributed by atoms with Crippen LogP contribution in [0.2, 0.25) is 0 Å². The van der Waals surface area contributed by atoms with Crippen LogP contribution < -0.4 is 10.2 Å². The molecule has 0 fully saturated rings. The van der Waals surface area contributed by atoms with E-state index >= 15 is 0 Å². The zero-order valence-electron chi connectivity index (χ0n) is 13.6. The van der Waals surface area contributed by atoms with E-state index in [-0.39, 0.29) is 0 Å². The van der Waals surface area contributed by atoms with Gasteiger partial charge in [0.15, 0.2) is 5.13 Å². The van der Waals surface area contributed by atoms with Crippen molar-refractivity contribution in [2.24, 2.45) is 0 Å². The summed E-state index contributed by atoms with van der Waals surface area (Å²) < 4.78 is 2.05. The zero-order chi connectivity index (χ0) is 16.6. The number of fused-ring (bicyclic) bond motifs is 2. The number of anilines is 2. The topological polar surface area (TPSA) is 45.5 Å². The third-order valence-corrected chi connectivity index (χ3v) is 5.38. The highest BCUT2D eigenvalue weighted by Crippen LogP contribution is 2.33. The van der Waals surface area contributed by atoms with Crippen LogP contribution >= 0.6 is 11.3 Å². The van der Waals surface area contributed by atoms with Gasteiger partial charge in [0, 0.05) is 42.7 Å². The van der Waals surface area contributed by atoms with E-state index in [4.69, 9.17) is 0 Å². The van der Waals surface area contributed by atoms with E-state index in [1.165, 1.54) is 16.8 Å². The Morgan fingerprint density at radius 3 is 3.00 bits per heavy atom. The predicted molar refractivity (Wildman–Crippen MR) is 101 cm³/mol. The Balaban J connectivity index is 1.36. The second-order valence-electron chi connectivity index (χ2n) is 6.17. The Bertz CT molecular complexity index is 988. The highest BCUT2D eigenvalue weighted by Gasteiger charge is 2.23. The third kappa shape index (κ3) is 2.64. The molecule has 4 aromatic rings. The number of benzene rings is 1. The molecule has 0 unspecified atom stereocenters. The smallest absolute Gasteiger partial charge is 0.185 e. The summed E-state index contributed by atoms with van der Waals surface area (Å²) >= 11 is 1.69. The predicted octanol–water partition coefficient (Wildman–Crippen LogP) is 3.92. The lowest BCUT2D eigenvalue weighted by Crippen LogP contribution is -2.14. The Kier molecular flexibility index (Phi) is 3.41. The molecule has 1 aliphatic heterocycles. The maximum Gasteiger partial charge on any atom is 0.185 e. The van der Waals surface area contributed by atoms with Gasteiger partial charge in [0.1, 0.15) is 5.65 Å². The van der Waals surface area contributed by atoms with Gasteiger partial charge in [0.2, 0.25) is 0 Å². The Labute approximate surface area is 149 Å². The van der Waals surface area contributed by atoms with Crippen molar-refractivity contribution >= 4 is 27.8 Å². The first-order chi connectivity index (χ1) is 12.4. The molecule has 5 rings (SSSR count). The first-order valence-electron chi connectivity index (χ1n) is 8.28. The Morgan fingerprint density at radius 1 is 1.12 bits per heavy atom. The average Bonchev–Trinajstić information content (AvgIpc) is 3.37. The molecule has 1 aliphatic rings. The standard InChI is InChI=1S/C19H17N5S/c1-2-8-23-12-15(22-18(23)6-1)10-21-17-5-3-4-14-11-24(13-16(14)17)19-20-7-9-25-19/h1-9,12,21H,10-11,13H2. The van der Waals surface area contributed by atoms with Crippen LogP contribution in [-0.4, -0.2) is 14.4 Å². The van der Waals surface area contributed by atoms with Crippen LogP contribution in [0, 0.1) is 0 Å². The van der Waals surface area contributed by atoms with E-state index < -0.39 is 0 Å². The molecule has 25 heavy (non-hydrogen) atoms. The number of aromatic nitrogens is 3. The van der Waals surface area contributed by atoms with Crippen LogP contribution in [0.15, 0.2) is 60.4 Å². The van der Waals surface area contributed by atoms with Crippen molar-refractivity contribution in [1.29, 1.82) is 0 Å². The van der Waals surface area contributed by atoms with Crippen LogP contribution in [0.4, 0.5) is 10.8 Å². The lowest BCUT2D eigenvalue weighted by atomic mass is 10.1. The van der Waals surface area contributed by atoms with Gasteiger partial charge >= 0.3 is 0 Å². The molecule has 0 saturated carbocycles. The van der Waals surface area contributed by atoms with E-state index in [0.717, 1.165) is 36.1 Å². The molecule has 0 radical (unpaired) electrons. The minimum atomic E-state index is 0.718. The van der Waals surface area contributed by atoms with Crippen molar-refractivity contribution in [2.45, 2.75) is 19.6 Å². The second-order valence-corrected chi connectivity index (χ2v) is 7.04. The summed E-state index contributed by atoms with van der Waals surface area (Å²) in [5.74, 6) is 0. The Hall–Kier alpha value is -2.86. The van der Waals surface area contributed by atoms with Crippen molar-refractivity contribution in [3.8, 4) is 0 Å². The number of imidazole rings is 1. The molecule has 3 aromatic heterocycles. The molecule has 0 spiro atoms. The van der Waals surface area contributed by atoms with Gasteiger partial charge in [-0.3, -0.25) is 0 Å². The zero-order valence-corrected chi connectivity index (χ0v) is 14.4. The first-order valence-corrected chi connectivity index (χ1v) is 9.16. The summed E-state index contributed by atoms with van der Waals surface area (Å²) in [6.07, 6.45) is 5.97. The number of rotatable bonds is 4. The summed E-state index contributed by atoms with van der Waals surface area (Å²) in [5.41, 5.74) is 5.94. The summed E-state index contributed by atoms with van der Waals surface area (Å²) in [5, 5.41) is 6.68. The first kappa shape index (κ1) is 14.5. The third-order valence-electron chi connectivity index (χ3n) is 4.55. The maximum absolute atomic E-state index is 4.66. The summed E-state index contributed by atoms with van der Waals surface area (Å²) in [4.78, 5) is 11.4. The lowest BCUT2D eigenvalue weighted by molar-refractivity contribution is 0.872. The highest BCUT2D eigenvalue weighted by molar-refractivity contribution is 7.13. The number of thiazole rings is 1. The Morgan fingerprint density at radius 2 is 2.12 bits per heavy atom. The number of hydrogen-bond acceptors (Lipinski definition) is 5. The van der Waals surface area contributed by atoms with E-state index in [2.05, 4.69) is 49.0 Å². The van der Waals surface area contributed by atoms with Crippen LogP contribution in [0.1, 0.15) is 16.8 Å². The van der Waals surface area contributed by atoms with Gasteiger partial charge in [-0.05, 0) is 29.3 Å². The molecule has 1 aromatic carbocycles. The van der Waals surface area contributed by atoms with Gasteiger partial charge in [-0.15, -0.1) is 11.3 Å². The van der Waals surface area contributed by atoms with Crippen LogP contribution in [0.5, 0.6) is 0 Å². The average molecular weight is 347 g/mol. The van der Waals surface area contributed by atoms with Crippen molar-refractivity contribution in [3.05, 3.63) is 77.2 Å². The van der Waals surface area contributed by atoms with Gasteiger partial charge in [-0.25, -0.2) is 9.97 Å². The van der Waals surface area contributed by atoms with Crippen molar-refractivity contribution in [1.82, 2.24) is 14.4 Å². The van der Waals surface area contributed by atoms with E-state index in [9.17, 15) is 0 Å². The van der Waals surface area contributed by atoms with Crippen molar-refractivity contribution in [2.75, 3.05) is 10.2 Å². The van der Waals surface area contributed by atoms with Crippen molar-refractivity contribution < 1.29 is 0 Å². The number of pyridine rings is 1. The van der Waals surface area contributed by atoms with Crippen LogP contribution in [-0.2, 0) is 19.6 Å². The molecule has 0 saturated heterocycles. The number of hydrogen-bond donors (Lipinski definition) is 1. The fraction of sp³-hybridized carbons (Fsp3) is 0.158. The molecule has 124 valence electrons. The molecule has 0 bridgehead atoms. The van der Waals surface area contributed by atoms with Gasteiger partial charge < -0.3 is 14.6 Å². The molecule has 1 N–H and O–H groups in total. The lowest BCUT2D eigenvalue weighted by Gasteiger charge is -2.13. The van der Waals surface area contributed by atoms with Gasteiger partial charge in [-0.1, -0.05) is 18.2 Å². The minimum absolute atomic E-state index is 0.718. The van der Waals surface area contributed by atoms with Gasteiger partial charge in [-0.2, -0.15) is 0 Å². The maximum atomic E-state index is 4.66. The summed E-state index contributed by atoms with van der Waals surface area (Å²) in [7, 11) is 0. The molecule has 6 heteroatoms. The quantitative estimate of drug-likeness (QED) is 0.608. The fourth-order valence-corrected chi connectivity index (χ4v) is 4.00. The van der Waals surface area contributed by atoms with E-state index in [1.807, 2.05) is 36.0 Å². The van der Waals surface area contributed by atoms with Crippen molar-refractivity contribution in [3.63, 3.8) is 0 Å². The molecule has 0 aliphatic carbocycles. The van der Waals surface area contributed by atoms with Gasteiger partial charge in [0.05, 0.1) is 12.2 Å². The van der Waals surface area contributed by atoms with Gasteiger partial charge in [0.25, 0.3) is 0 Å². The number of nitrogens with one attached hydrogen (secondary N) is 1.